The van der Waals surface area contributed by atoms with Crippen molar-refractivity contribution in [1.29, 1.82) is 0 Å². The van der Waals surface area contributed by atoms with Gasteiger partial charge in [-0.25, -0.2) is 0 Å². The number of alkyl halides is 3. The third-order valence-corrected chi connectivity index (χ3v) is 3.53. The van der Waals surface area contributed by atoms with Crippen LogP contribution in [0.4, 0.5) is 18.9 Å². The van der Waals surface area contributed by atoms with Gasteiger partial charge in [0.1, 0.15) is 5.69 Å². The van der Waals surface area contributed by atoms with Crippen molar-refractivity contribution in [3.63, 3.8) is 0 Å². The van der Waals surface area contributed by atoms with Crippen LogP contribution in [0, 0.1) is 0 Å². The molecule has 8 heteroatoms. The van der Waals surface area contributed by atoms with Crippen LogP contribution in [0.15, 0.2) is 42.6 Å². The van der Waals surface area contributed by atoms with E-state index < -0.39 is 30.3 Å². The molecule has 1 atom stereocenters. The van der Waals surface area contributed by atoms with Gasteiger partial charge in [0.05, 0.1) is 11.6 Å². The number of primary amides is 1. The minimum absolute atomic E-state index is 0.0195. The predicted molar refractivity (Wildman–Crippen MR) is 82.4 cm³/mol. The highest BCUT2D eigenvalue weighted by Crippen LogP contribution is 2.37. The summed E-state index contributed by atoms with van der Waals surface area (Å²) in [6.45, 7) is 0. The standard InChI is InChI=1S/C16H16F3N3O2/c1-22-9-11(7-13(22)15(20)24)21-14(23)8-12(16(17,18)19)10-5-3-2-4-6-10/h2-7,9,12H,8H2,1H3,(H2,20,24)(H,21,23)/t12-/m1/s1. The molecule has 0 saturated carbocycles. The number of carbonyl (C=O) groups is 2. The van der Waals surface area contributed by atoms with Gasteiger partial charge in [-0.2, -0.15) is 13.2 Å². The monoisotopic (exact) mass is 339 g/mol. The molecule has 0 bridgehead atoms. The van der Waals surface area contributed by atoms with Crippen LogP contribution in [0.3, 0.4) is 0 Å². The third-order valence-electron chi connectivity index (χ3n) is 3.53. The summed E-state index contributed by atoms with van der Waals surface area (Å²) in [6, 6.07) is 8.56. The first-order chi connectivity index (χ1) is 11.2. The molecule has 3 N–H and O–H groups in total. The molecule has 1 aromatic heterocycles. The lowest BCUT2D eigenvalue weighted by atomic mass is 9.95. The largest absolute Gasteiger partial charge is 0.396 e. The second kappa shape index (κ2) is 6.77. The normalized spacial score (nSPS) is 12.7. The molecule has 2 aromatic rings. The van der Waals surface area contributed by atoms with Crippen molar-refractivity contribution in [2.24, 2.45) is 12.8 Å². The molecular weight excluding hydrogens is 323 g/mol. The van der Waals surface area contributed by atoms with Crippen molar-refractivity contribution in [3.05, 3.63) is 53.9 Å². The van der Waals surface area contributed by atoms with E-state index in [1.165, 1.54) is 48.1 Å². The van der Waals surface area contributed by atoms with Crippen LogP contribution < -0.4 is 11.1 Å². The highest BCUT2D eigenvalue weighted by atomic mass is 19.4. The molecule has 24 heavy (non-hydrogen) atoms. The van der Waals surface area contributed by atoms with E-state index >= 15 is 0 Å². The number of carbonyl (C=O) groups excluding carboxylic acids is 2. The average Bonchev–Trinajstić information content (AvgIpc) is 2.85. The van der Waals surface area contributed by atoms with Gasteiger partial charge in [-0.15, -0.1) is 0 Å². The van der Waals surface area contributed by atoms with Gasteiger partial charge in [0, 0.05) is 19.7 Å². The maximum Gasteiger partial charge on any atom is 0.396 e. The number of nitrogens with one attached hydrogen (secondary N) is 1. The first kappa shape index (κ1) is 17.6. The first-order valence-corrected chi connectivity index (χ1v) is 7.06. The summed E-state index contributed by atoms with van der Waals surface area (Å²) < 4.78 is 41.1. The highest BCUT2D eigenvalue weighted by molar-refractivity contribution is 5.96. The molecule has 0 saturated heterocycles. The second-order valence-electron chi connectivity index (χ2n) is 5.35. The SMILES string of the molecule is Cn1cc(NC(=O)C[C@H](c2ccccc2)C(F)(F)F)cc1C(N)=O. The number of rotatable bonds is 5. The van der Waals surface area contributed by atoms with Crippen molar-refractivity contribution >= 4 is 17.5 Å². The summed E-state index contributed by atoms with van der Waals surface area (Å²) in [7, 11) is 1.54. The van der Waals surface area contributed by atoms with E-state index in [-0.39, 0.29) is 16.9 Å². The van der Waals surface area contributed by atoms with Crippen LogP contribution in [-0.4, -0.2) is 22.6 Å². The minimum Gasteiger partial charge on any atom is -0.364 e. The van der Waals surface area contributed by atoms with Gasteiger partial charge in [0.2, 0.25) is 5.91 Å². The number of nitrogens with two attached hydrogens (primary N) is 1. The minimum atomic E-state index is -4.55. The van der Waals surface area contributed by atoms with E-state index in [0.29, 0.717) is 0 Å². The quantitative estimate of drug-likeness (QED) is 0.879. The smallest absolute Gasteiger partial charge is 0.364 e. The third kappa shape index (κ3) is 4.15. The van der Waals surface area contributed by atoms with Crippen LogP contribution in [0.25, 0.3) is 0 Å². The lowest BCUT2D eigenvalue weighted by Gasteiger charge is -2.20. The molecule has 2 rings (SSSR count). The Bertz CT molecular complexity index is 739. The van der Waals surface area contributed by atoms with Crippen LogP contribution in [0.5, 0.6) is 0 Å². The molecule has 0 unspecified atom stereocenters. The zero-order valence-corrected chi connectivity index (χ0v) is 12.8. The van der Waals surface area contributed by atoms with E-state index in [1.54, 1.807) is 6.07 Å². The van der Waals surface area contributed by atoms with Gasteiger partial charge in [-0.3, -0.25) is 9.59 Å². The fourth-order valence-corrected chi connectivity index (χ4v) is 2.38. The number of anilines is 1. The van der Waals surface area contributed by atoms with Crippen molar-refractivity contribution < 1.29 is 22.8 Å². The molecule has 128 valence electrons. The Labute approximate surface area is 136 Å². The summed E-state index contributed by atoms with van der Waals surface area (Å²) >= 11 is 0. The number of aryl methyl sites for hydroxylation is 1. The number of benzene rings is 1. The Kier molecular flexibility index (Phi) is 4.96. The molecular formula is C16H16F3N3O2. The summed E-state index contributed by atoms with van der Waals surface area (Å²) in [5.74, 6) is -3.41. The molecule has 0 aliphatic carbocycles. The summed E-state index contributed by atoms with van der Waals surface area (Å²) in [6.07, 6.45) is -3.90. The van der Waals surface area contributed by atoms with Crippen LogP contribution in [0.1, 0.15) is 28.4 Å². The van der Waals surface area contributed by atoms with Crippen LogP contribution >= 0.6 is 0 Å². The topological polar surface area (TPSA) is 77.1 Å². The number of halogens is 3. The summed E-state index contributed by atoms with van der Waals surface area (Å²) in [5.41, 5.74) is 5.52. The zero-order valence-electron chi connectivity index (χ0n) is 12.8. The Morgan fingerprint density at radius 3 is 2.38 bits per heavy atom. The molecule has 0 spiro atoms. The fraction of sp³-hybridized carbons (Fsp3) is 0.250. The molecule has 0 aliphatic rings. The van der Waals surface area contributed by atoms with E-state index in [4.69, 9.17) is 5.73 Å². The van der Waals surface area contributed by atoms with Crippen molar-refractivity contribution in [2.75, 3.05) is 5.32 Å². The highest BCUT2D eigenvalue weighted by Gasteiger charge is 2.41. The maximum absolute atomic E-state index is 13.2. The van der Waals surface area contributed by atoms with E-state index in [2.05, 4.69) is 5.32 Å². The number of amides is 2. The first-order valence-electron chi connectivity index (χ1n) is 7.06. The second-order valence-corrected chi connectivity index (χ2v) is 5.35. The van der Waals surface area contributed by atoms with E-state index in [0.717, 1.165) is 0 Å². The summed E-state index contributed by atoms with van der Waals surface area (Å²) in [4.78, 5) is 23.2. The predicted octanol–water partition coefficient (Wildman–Crippen LogP) is 2.80. The molecule has 1 heterocycles. The van der Waals surface area contributed by atoms with Gasteiger partial charge < -0.3 is 15.6 Å². The van der Waals surface area contributed by atoms with Crippen LogP contribution in [-0.2, 0) is 11.8 Å². The molecule has 2 amide bonds. The van der Waals surface area contributed by atoms with E-state index in [9.17, 15) is 22.8 Å². The fourth-order valence-electron chi connectivity index (χ4n) is 2.38. The molecule has 0 radical (unpaired) electrons. The number of nitrogens with zero attached hydrogens (tertiary/aromatic N) is 1. The maximum atomic E-state index is 13.2. The Hall–Kier alpha value is -2.77. The lowest BCUT2D eigenvalue weighted by molar-refractivity contribution is -0.155. The van der Waals surface area contributed by atoms with Gasteiger partial charge in [-0.05, 0) is 11.6 Å². The average molecular weight is 339 g/mol. The summed E-state index contributed by atoms with van der Waals surface area (Å²) in [5, 5.41) is 2.36. The molecule has 0 fully saturated rings. The van der Waals surface area contributed by atoms with Gasteiger partial charge in [-0.1, -0.05) is 30.3 Å². The van der Waals surface area contributed by atoms with Crippen molar-refractivity contribution in [2.45, 2.75) is 18.5 Å². The molecule has 1 aromatic carbocycles. The van der Waals surface area contributed by atoms with E-state index in [1.807, 2.05) is 0 Å². The van der Waals surface area contributed by atoms with Gasteiger partial charge in [0.25, 0.3) is 5.91 Å². The Balaban J connectivity index is 2.14. The van der Waals surface area contributed by atoms with Crippen LogP contribution in [0.2, 0.25) is 0 Å². The number of aromatic nitrogens is 1. The number of hydrogen-bond acceptors (Lipinski definition) is 2. The van der Waals surface area contributed by atoms with Crippen molar-refractivity contribution in [1.82, 2.24) is 4.57 Å². The van der Waals surface area contributed by atoms with Gasteiger partial charge in [0.15, 0.2) is 0 Å². The van der Waals surface area contributed by atoms with Gasteiger partial charge >= 0.3 is 6.18 Å². The molecule has 5 nitrogen and oxygen atoms in total. The zero-order chi connectivity index (χ0) is 17.9. The Morgan fingerprint density at radius 1 is 1.25 bits per heavy atom. The Morgan fingerprint density at radius 2 is 1.88 bits per heavy atom. The lowest BCUT2D eigenvalue weighted by Crippen LogP contribution is -2.26. The molecule has 0 aliphatic heterocycles. The number of hydrogen-bond donors (Lipinski definition) is 2. The van der Waals surface area contributed by atoms with Crippen molar-refractivity contribution in [3.8, 4) is 0 Å².